The number of rotatable bonds is 6. The lowest BCUT2D eigenvalue weighted by Gasteiger charge is -2.20. The Morgan fingerprint density at radius 1 is 0.971 bits per heavy atom. The van der Waals surface area contributed by atoms with Crippen LogP contribution in [0, 0.1) is 6.92 Å². The van der Waals surface area contributed by atoms with Gasteiger partial charge in [-0.2, -0.15) is 0 Å². The summed E-state index contributed by atoms with van der Waals surface area (Å²) in [6.45, 7) is 3.45. The Hall–Kier alpha value is -3.84. The Labute approximate surface area is 201 Å². The highest BCUT2D eigenvalue weighted by Crippen LogP contribution is 2.38. The van der Waals surface area contributed by atoms with Crippen molar-refractivity contribution in [3.8, 4) is 34.4 Å². The molecule has 34 heavy (non-hydrogen) atoms. The van der Waals surface area contributed by atoms with Crippen LogP contribution in [0.3, 0.4) is 0 Å². The first-order chi connectivity index (χ1) is 16.6. The monoisotopic (exact) mass is 475 g/mol. The van der Waals surface area contributed by atoms with Crippen molar-refractivity contribution < 1.29 is 18.7 Å². The maximum absolute atomic E-state index is 12.6. The van der Waals surface area contributed by atoms with Crippen LogP contribution < -0.4 is 14.8 Å². The summed E-state index contributed by atoms with van der Waals surface area (Å²) in [5.41, 5.74) is 4.24. The van der Waals surface area contributed by atoms with Crippen LogP contribution in [0.15, 0.2) is 65.1 Å². The molecule has 5 rings (SSSR count). The minimum atomic E-state index is -0.166. The van der Waals surface area contributed by atoms with Gasteiger partial charge in [-0.1, -0.05) is 29.3 Å². The number of amides is 1. The second-order valence-electron chi connectivity index (χ2n) is 7.97. The molecular formula is C26H22ClN3O4. The Kier molecular flexibility index (Phi) is 6.18. The second-order valence-corrected chi connectivity index (χ2v) is 8.37. The summed E-state index contributed by atoms with van der Waals surface area (Å²) in [4.78, 5) is 12.6. The highest BCUT2D eigenvalue weighted by Gasteiger charge is 2.17. The lowest BCUT2D eigenvalue weighted by atomic mass is 10.1. The van der Waals surface area contributed by atoms with Gasteiger partial charge < -0.3 is 19.2 Å². The highest BCUT2D eigenvalue weighted by molar-refractivity contribution is 6.32. The van der Waals surface area contributed by atoms with Crippen molar-refractivity contribution in [1.82, 2.24) is 15.5 Å². The van der Waals surface area contributed by atoms with E-state index in [0.717, 1.165) is 22.3 Å². The van der Waals surface area contributed by atoms with Crippen molar-refractivity contribution in [2.24, 2.45) is 0 Å². The smallest absolute Gasteiger partial charge is 0.251 e. The molecule has 0 saturated carbocycles. The van der Waals surface area contributed by atoms with E-state index in [2.05, 4.69) is 15.5 Å². The predicted molar refractivity (Wildman–Crippen MR) is 128 cm³/mol. The van der Waals surface area contributed by atoms with Crippen molar-refractivity contribution in [3.05, 3.63) is 82.4 Å². The quantitative estimate of drug-likeness (QED) is 0.417. The van der Waals surface area contributed by atoms with Gasteiger partial charge in [0.05, 0.1) is 5.02 Å². The molecule has 7 nitrogen and oxygen atoms in total. The number of benzene rings is 3. The van der Waals surface area contributed by atoms with Crippen LogP contribution >= 0.6 is 11.6 Å². The molecule has 1 aliphatic rings. The van der Waals surface area contributed by atoms with Gasteiger partial charge in [-0.3, -0.25) is 4.79 Å². The number of nitrogens with one attached hydrogen (secondary N) is 1. The molecule has 172 valence electrons. The number of ether oxygens (including phenoxy) is 2. The average Bonchev–Trinajstić information content (AvgIpc) is 3.35. The number of halogens is 1. The van der Waals surface area contributed by atoms with Crippen molar-refractivity contribution in [3.63, 3.8) is 0 Å². The SMILES string of the molecule is Cc1cccc(-c2nnc(-c3ccc(C(=O)NCCc4cc(Cl)c5c(c4)OCCO5)cc3)o2)c1. The molecule has 1 N–H and O–H groups in total. The topological polar surface area (TPSA) is 86.5 Å². The molecule has 3 aromatic carbocycles. The fourth-order valence-electron chi connectivity index (χ4n) is 3.73. The van der Waals surface area contributed by atoms with Crippen LogP contribution in [-0.4, -0.2) is 35.9 Å². The summed E-state index contributed by atoms with van der Waals surface area (Å²) in [6.07, 6.45) is 0.615. The maximum Gasteiger partial charge on any atom is 0.251 e. The van der Waals surface area contributed by atoms with E-state index in [1.165, 1.54) is 0 Å². The Balaban J connectivity index is 1.20. The summed E-state index contributed by atoms with van der Waals surface area (Å²) in [7, 11) is 0. The zero-order valence-electron chi connectivity index (χ0n) is 18.5. The fraction of sp³-hybridized carbons (Fsp3) is 0.192. The van der Waals surface area contributed by atoms with E-state index in [1.807, 2.05) is 43.3 Å². The summed E-state index contributed by atoms with van der Waals surface area (Å²) >= 11 is 6.28. The van der Waals surface area contributed by atoms with Gasteiger partial charge in [-0.15, -0.1) is 10.2 Å². The van der Waals surface area contributed by atoms with E-state index in [4.69, 9.17) is 25.5 Å². The van der Waals surface area contributed by atoms with Crippen LogP contribution in [0.2, 0.25) is 5.02 Å². The highest BCUT2D eigenvalue weighted by atomic mass is 35.5. The minimum absolute atomic E-state index is 0.166. The zero-order chi connectivity index (χ0) is 23.5. The first kappa shape index (κ1) is 22.0. The molecule has 2 heterocycles. The van der Waals surface area contributed by atoms with E-state index in [1.54, 1.807) is 24.3 Å². The minimum Gasteiger partial charge on any atom is -0.486 e. The molecule has 1 amide bonds. The lowest BCUT2D eigenvalue weighted by molar-refractivity contribution is 0.0954. The van der Waals surface area contributed by atoms with E-state index in [0.29, 0.717) is 60.0 Å². The lowest BCUT2D eigenvalue weighted by Crippen LogP contribution is -2.25. The van der Waals surface area contributed by atoms with E-state index in [9.17, 15) is 4.79 Å². The maximum atomic E-state index is 12.6. The first-order valence-corrected chi connectivity index (χ1v) is 11.3. The Bertz CT molecular complexity index is 1330. The second kappa shape index (κ2) is 9.57. The predicted octanol–water partition coefficient (Wildman–Crippen LogP) is 5.11. The van der Waals surface area contributed by atoms with Crippen LogP contribution in [-0.2, 0) is 6.42 Å². The van der Waals surface area contributed by atoms with Crippen LogP contribution in [0.5, 0.6) is 11.5 Å². The summed E-state index contributed by atoms with van der Waals surface area (Å²) in [5.74, 6) is 1.91. The van der Waals surface area contributed by atoms with Gasteiger partial charge >= 0.3 is 0 Å². The molecule has 1 aliphatic heterocycles. The molecule has 0 saturated heterocycles. The number of aromatic nitrogens is 2. The molecule has 4 aromatic rings. The fourth-order valence-corrected chi connectivity index (χ4v) is 4.02. The molecule has 0 atom stereocenters. The molecule has 0 radical (unpaired) electrons. The van der Waals surface area contributed by atoms with E-state index in [-0.39, 0.29) is 5.91 Å². The molecule has 0 aliphatic carbocycles. The normalized spacial score (nSPS) is 12.4. The van der Waals surface area contributed by atoms with Crippen molar-refractivity contribution in [2.45, 2.75) is 13.3 Å². The molecule has 8 heteroatoms. The summed E-state index contributed by atoms with van der Waals surface area (Å²) in [6, 6.07) is 18.7. The zero-order valence-corrected chi connectivity index (χ0v) is 19.3. The molecule has 0 bridgehead atoms. The first-order valence-electron chi connectivity index (χ1n) is 10.9. The third-order valence-electron chi connectivity index (χ3n) is 5.44. The van der Waals surface area contributed by atoms with Gasteiger partial charge in [0.1, 0.15) is 13.2 Å². The largest absolute Gasteiger partial charge is 0.486 e. The standard InChI is InChI=1S/C26H22ClN3O4/c1-16-3-2-4-20(13-16)26-30-29-25(34-26)19-7-5-18(6-8-19)24(31)28-10-9-17-14-21(27)23-22(15-17)32-11-12-33-23/h2-8,13-15H,9-12H2,1H3,(H,28,31). The van der Waals surface area contributed by atoms with Crippen LogP contribution in [0.25, 0.3) is 22.9 Å². The Morgan fingerprint density at radius 3 is 2.53 bits per heavy atom. The van der Waals surface area contributed by atoms with Crippen molar-refractivity contribution >= 4 is 17.5 Å². The third-order valence-corrected chi connectivity index (χ3v) is 5.72. The summed E-state index contributed by atoms with van der Waals surface area (Å²) in [5, 5.41) is 11.7. The number of aryl methyl sites for hydroxylation is 1. The molecule has 0 spiro atoms. The average molecular weight is 476 g/mol. The van der Waals surface area contributed by atoms with Crippen LogP contribution in [0.1, 0.15) is 21.5 Å². The summed E-state index contributed by atoms with van der Waals surface area (Å²) < 4.78 is 17.0. The third kappa shape index (κ3) is 4.75. The number of hydrogen-bond acceptors (Lipinski definition) is 6. The van der Waals surface area contributed by atoms with Gasteiger partial charge in [0.2, 0.25) is 11.8 Å². The molecular weight excluding hydrogens is 454 g/mol. The van der Waals surface area contributed by atoms with Gasteiger partial charge in [0.25, 0.3) is 5.91 Å². The van der Waals surface area contributed by atoms with Gasteiger partial charge in [-0.25, -0.2) is 0 Å². The van der Waals surface area contributed by atoms with Gasteiger partial charge in [0.15, 0.2) is 11.5 Å². The number of carbonyl (C=O) groups excluding carboxylic acids is 1. The number of hydrogen-bond donors (Lipinski definition) is 1. The number of carbonyl (C=O) groups is 1. The van der Waals surface area contributed by atoms with E-state index < -0.39 is 0 Å². The van der Waals surface area contributed by atoms with Crippen LogP contribution in [0.4, 0.5) is 0 Å². The Morgan fingerprint density at radius 2 is 1.74 bits per heavy atom. The number of fused-ring (bicyclic) bond motifs is 1. The van der Waals surface area contributed by atoms with E-state index >= 15 is 0 Å². The van der Waals surface area contributed by atoms with Crippen molar-refractivity contribution in [1.29, 1.82) is 0 Å². The molecule has 1 aromatic heterocycles. The van der Waals surface area contributed by atoms with Crippen molar-refractivity contribution in [2.75, 3.05) is 19.8 Å². The molecule has 0 fully saturated rings. The number of nitrogens with zero attached hydrogens (tertiary/aromatic N) is 2. The van der Waals surface area contributed by atoms with Gasteiger partial charge in [-0.05, 0) is 67.4 Å². The van der Waals surface area contributed by atoms with Gasteiger partial charge in [0, 0.05) is 23.2 Å². The molecule has 0 unspecified atom stereocenters.